The second kappa shape index (κ2) is 8.81. The second-order valence-corrected chi connectivity index (χ2v) is 6.21. The van der Waals surface area contributed by atoms with Crippen LogP contribution in [0, 0.1) is 0 Å². The summed E-state index contributed by atoms with van der Waals surface area (Å²) >= 11 is 0. The Balaban J connectivity index is 1.53. The summed E-state index contributed by atoms with van der Waals surface area (Å²) in [6, 6.07) is 25.6. The van der Waals surface area contributed by atoms with Crippen molar-refractivity contribution in [3.8, 4) is 5.75 Å². The molecule has 0 saturated carbocycles. The van der Waals surface area contributed by atoms with Crippen LogP contribution in [0.25, 0.3) is 0 Å². The van der Waals surface area contributed by atoms with Crippen molar-refractivity contribution in [2.24, 2.45) is 0 Å². The molecule has 0 saturated heterocycles. The number of hydrogen-bond acceptors (Lipinski definition) is 3. The van der Waals surface area contributed by atoms with Crippen molar-refractivity contribution in [1.82, 2.24) is 5.32 Å². The summed E-state index contributed by atoms with van der Waals surface area (Å²) in [5.74, 6) is 0.300. The lowest BCUT2D eigenvalue weighted by atomic mass is 10.0. The topological polar surface area (TPSA) is 55.4 Å². The predicted molar refractivity (Wildman–Crippen MR) is 105 cm³/mol. The van der Waals surface area contributed by atoms with Crippen LogP contribution in [0.1, 0.15) is 34.5 Å². The molecular weight excluding hydrogens is 338 g/mol. The van der Waals surface area contributed by atoms with E-state index in [1.807, 2.05) is 55.5 Å². The van der Waals surface area contributed by atoms with Crippen molar-refractivity contribution in [2.45, 2.75) is 13.0 Å². The largest absolute Gasteiger partial charge is 0.484 e. The summed E-state index contributed by atoms with van der Waals surface area (Å²) in [6.07, 6.45) is 0. The zero-order valence-electron chi connectivity index (χ0n) is 15.1. The van der Waals surface area contributed by atoms with Crippen LogP contribution >= 0.6 is 0 Å². The van der Waals surface area contributed by atoms with Gasteiger partial charge in [0.1, 0.15) is 5.75 Å². The highest BCUT2D eigenvalue weighted by atomic mass is 16.5. The quantitative estimate of drug-likeness (QED) is 0.644. The van der Waals surface area contributed by atoms with E-state index in [1.54, 1.807) is 36.4 Å². The minimum Gasteiger partial charge on any atom is -0.484 e. The third-order valence-electron chi connectivity index (χ3n) is 4.20. The molecule has 1 atom stereocenters. The fourth-order valence-corrected chi connectivity index (χ4v) is 2.72. The Morgan fingerprint density at radius 1 is 0.815 bits per heavy atom. The molecule has 3 rings (SSSR count). The Morgan fingerprint density at radius 2 is 1.37 bits per heavy atom. The van der Waals surface area contributed by atoms with Crippen LogP contribution in [-0.4, -0.2) is 18.3 Å². The maximum atomic E-state index is 12.4. The van der Waals surface area contributed by atoms with E-state index in [9.17, 15) is 9.59 Å². The summed E-state index contributed by atoms with van der Waals surface area (Å²) in [7, 11) is 0. The number of benzene rings is 3. The van der Waals surface area contributed by atoms with E-state index >= 15 is 0 Å². The van der Waals surface area contributed by atoms with Gasteiger partial charge in [-0.2, -0.15) is 0 Å². The van der Waals surface area contributed by atoms with Crippen molar-refractivity contribution < 1.29 is 14.3 Å². The minimum absolute atomic E-state index is 0.0448. The Labute approximate surface area is 158 Å². The van der Waals surface area contributed by atoms with Crippen LogP contribution in [0.3, 0.4) is 0 Å². The first-order valence-electron chi connectivity index (χ1n) is 8.80. The van der Waals surface area contributed by atoms with Gasteiger partial charge in [0.15, 0.2) is 12.4 Å². The first-order valence-corrected chi connectivity index (χ1v) is 8.80. The summed E-state index contributed by atoms with van der Waals surface area (Å²) in [6.45, 7) is 1.85. The van der Waals surface area contributed by atoms with Gasteiger partial charge in [0.2, 0.25) is 0 Å². The Kier molecular flexibility index (Phi) is 6.00. The second-order valence-electron chi connectivity index (χ2n) is 6.21. The molecule has 0 heterocycles. The number of amides is 1. The molecule has 3 aromatic rings. The molecule has 0 aliphatic carbocycles. The van der Waals surface area contributed by atoms with E-state index in [2.05, 4.69) is 5.32 Å². The van der Waals surface area contributed by atoms with Crippen LogP contribution in [0.5, 0.6) is 5.75 Å². The van der Waals surface area contributed by atoms with E-state index in [0.717, 1.165) is 5.56 Å². The van der Waals surface area contributed by atoms with Gasteiger partial charge in [-0.3, -0.25) is 9.59 Å². The van der Waals surface area contributed by atoms with Crippen molar-refractivity contribution >= 4 is 11.7 Å². The lowest BCUT2D eigenvalue weighted by molar-refractivity contribution is -0.123. The fourth-order valence-electron chi connectivity index (χ4n) is 2.72. The predicted octanol–water partition coefficient (Wildman–Crippen LogP) is 4.17. The number of hydrogen-bond donors (Lipinski definition) is 1. The molecule has 27 heavy (non-hydrogen) atoms. The zero-order chi connectivity index (χ0) is 19.1. The average Bonchev–Trinajstić information content (AvgIpc) is 2.73. The third-order valence-corrected chi connectivity index (χ3v) is 4.20. The van der Waals surface area contributed by atoms with E-state index in [-0.39, 0.29) is 24.3 Å². The normalized spacial score (nSPS) is 11.4. The summed E-state index contributed by atoms with van der Waals surface area (Å²) < 4.78 is 5.52. The van der Waals surface area contributed by atoms with Crippen LogP contribution in [0.15, 0.2) is 84.9 Å². The highest BCUT2D eigenvalue weighted by Gasteiger charge is 2.11. The molecule has 3 aromatic carbocycles. The average molecular weight is 359 g/mol. The molecule has 136 valence electrons. The van der Waals surface area contributed by atoms with E-state index < -0.39 is 0 Å². The Bertz CT molecular complexity index is 890. The molecule has 4 heteroatoms. The van der Waals surface area contributed by atoms with Crippen molar-refractivity contribution in [3.63, 3.8) is 0 Å². The van der Waals surface area contributed by atoms with Gasteiger partial charge in [-0.1, -0.05) is 60.7 Å². The van der Waals surface area contributed by atoms with E-state index in [0.29, 0.717) is 16.9 Å². The Morgan fingerprint density at radius 3 is 2.00 bits per heavy atom. The van der Waals surface area contributed by atoms with E-state index in [1.165, 1.54) is 0 Å². The van der Waals surface area contributed by atoms with Gasteiger partial charge in [-0.15, -0.1) is 0 Å². The highest BCUT2D eigenvalue weighted by molar-refractivity contribution is 6.08. The van der Waals surface area contributed by atoms with Gasteiger partial charge < -0.3 is 10.1 Å². The van der Waals surface area contributed by atoms with Crippen LogP contribution < -0.4 is 10.1 Å². The van der Waals surface area contributed by atoms with Crippen LogP contribution in [0.2, 0.25) is 0 Å². The molecule has 0 aromatic heterocycles. The fraction of sp³-hybridized carbons (Fsp3) is 0.130. The van der Waals surface area contributed by atoms with Gasteiger partial charge in [0.25, 0.3) is 5.91 Å². The van der Waals surface area contributed by atoms with E-state index in [4.69, 9.17) is 4.74 Å². The molecule has 0 aliphatic rings. The molecular formula is C23H21NO3. The number of carbonyl (C=O) groups is 2. The SMILES string of the molecule is C[C@@H](NC(=O)COc1ccc(C(=O)c2ccccc2)cc1)c1ccccc1. The smallest absolute Gasteiger partial charge is 0.258 e. The monoisotopic (exact) mass is 359 g/mol. The van der Waals surface area contributed by atoms with Crippen molar-refractivity contribution in [2.75, 3.05) is 6.61 Å². The number of ketones is 1. The lowest BCUT2D eigenvalue weighted by Gasteiger charge is -2.14. The minimum atomic E-state index is -0.198. The van der Waals surface area contributed by atoms with Gasteiger partial charge in [-0.25, -0.2) is 0 Å². The molecule has 0 unspecified atom stereocenters. The first-order chi connectivity index (χ1) is 13.1. The number of carbonyl (C=O) groups excluding carboxylic acids is 2. The molecule has 4 nitrogen and oxygen atoms in total. The molecule has 0 aliphatic heterocycles. The first kappa shape index (κ1) is 18.4. The number of ether oxygens (including phenoxy) is 1. The number of rotatable bonds is 7. The Hall–Kier alpha value is -3.40. The summed E-state index contributed by atoms with van der Waals surface area (Å²) in [5, 5.41) is 2.90. The van der Waals surface area contributed by atoms with Crippen molar-refractivity contribution in [1.29, 1.82) is 0 Å². The highest BCUT2D eigenvalue weighted by Crippen LogP contribution is 2.16. The van der Waals surface area contributed by atoms with Gasteiger partial charge in [0.05, 0.1) is 6.04 Å². The molecule has 0 spiro atoms. The summed E-state index contributed by atoms with van der Waals surface area (Å²) in [5.41, 5.74) is 2.26. The zero-order valence-corrected chi connectivity index (χ0v) is 15.1. The maximum absolute atomic E-state index is 12.4. The molecule has 1 N–H and O–H groups in total. The summed E-state index contributed by atoms with van der Waals surface area (Å²) in [4.78, 5) is 24.4. The van der Waals surface area contributed by atoms with Gasteiger partial charge in [-0.05, 0) is 36.8 Å². The van der Waals surface area contributed by atoms with Crippen LogP contribution in [-0.2, 0) is 4.79 Å². The maximum Gasteiger partial charge on any atom is 0.258 e. The molecule has 0 fully saturated rings. The van der Waals surface area contributed by atoms with Crippen LogP contribution in [0.4, 0.5) is 0 Å². The standard InChI is InChI=1S/C23H21NO3/c1-17(18-8-4-2-5-9-18)24-22(25)16-27-21-14-12-20(13-15-21)23(26)19-10-6-3-7-11-19/h2-15,17H,16H2,1H3,(H,24,25)/t17-/m1/s1. The van der Waals surface area contributed by atoms with Crippen molar-refractivity contribution in [3.05, 3.63) is 102 Å². The number of nitrogens with one attached hydrogen (secondary N) is 1. The van der Waals surface area contributed by atoms with Gasteiger partial charge in [0, 0.05) is 11.1 Å². The molecule has 0 radical (unpaired) electrons. The lowest BCUT2D eigenvalue weighted by Crippen LogP contribution is -2.31. The molecule has 1 amide bonds. The molecule has 0 bridgehead atoms. The van der Waals surface area contributed by atoms with Gasteiger partial charge >= 0.3 is 0 Å². The third kappa shape index (κ3) is 5.05.